The topological polar surface area (TPSA) is 81.7 Å². The van der Waals surface area contributed by atoms with Crippen LogP contribution >= 0.6 is 11.8 Å². The van der Waals surface area contributed by atoms with Gasteiger partial charge in [0.15, 0.2) is 5.16 Å². The number of hydrogen-bond acceptors (Lipinski definition) is 6. The normalized spacial score (nSPS) is 12.7. The Morgan fingerprint density at radius 3 is 2.62 bits per heavy atom. The molecule has 2 aromatic heterocycles. The third kappa shape index (κ3) is 4.38. The number of aromatic nitrogens is 4. The van der Waals surface area contributed by atoms with Gasteiger partial charge in [-0.3, -0.25) is 13.8 Å². The number of benzene rings is 2. The molecule has 32 heavy (non-hydrogen) atoms. The van der Waals surface area contributed by atoms with Crippen LogP contribution in [0.3, 0.4) is 0 Å². The van der Waals surface area contributed by atoms with Crippen molar-refractivity contribution in [1.29, 1.82) is 0 Å². The number of aryl methyl sites for hydroxylation is 1. The van der Waals surface area contributed by atoms with Crippen molar-refractivity contribution in [3.63, 3.8) is 0 Å². The zero-order valence-corrected chi connectivity index (χ0v) is 19.4. The smallest absolute Gasteiger partial charge is 0.262 e. The maximum atomic E-state index is 12.9. The Morgan fingerprint density at radius 2 is 1.84 bits per heavy atom. The first-order chi connectivity index (χ1) is 15.5. The summed E-state index contributed by atoms with van der Waals surface area (Å²) in [6.45, 7) is 7.02. The van der Waals surface area contributed by atoms with Crippen LogP contribution in [-0.2, 0) is 6.54 Å². The minimum atomic E-state index is -0.680. The summed E-state index contributed by atoms with van der Waals surface area (Å²) in [6, 6.07) is 15.4. The lowest BCUT2D eigenvalue weighted by molar-refractivity contribution is 0.125. The summed E-state index contributed by atoms with van der Waals surface area (Å²) >= 11 is 1.40. The lowest BCUT2D eigenvalue weighted by Crippen LogP contribution is -2.23. The van der Waals surface area contributed by atoms with Gasteiger partial charge in [0.25, 0.3) is 5.56 Å². The molecule has 0 saturated heterocycles. The average molecular weight is 453 g/mol. The highest BCUT2D eigenvalue weighted by molar-refractivity contribution is 7.99. The van der Waals surface area contributed by atoms with Crippen molar-refractivity contribution in [1.82, 2.24) is 19.2 Å². The van der Waals surface area contributed by atoms with Gasteiger partial charge in [0.1, 0.15) is 12.4 Å². The first-order valence-corrected chi connectivity index (χ1v) is 11.9. The van der Waals surface area contributed by atoms with Gasteiger partial charge in [-0.15, -0.1) is 10.2 Å². The average Bonchev–Trinajstić information content (AvgIpc) is 3.23. The molecule has 4 rings (SSSR count). The van der Waals surface area contributed by atoms with Crippen molar-refractivity contribution in [3.05, 3.63) is 64.4 Å². The van der Waals surface area contributed by atoms with E-state index in [4.69, 9.17) is 4.74 Å². The summed E-state index contributed by atoms with van der Waals surface area (Å²) in [6.07, 6.45) is 0.136. The summed E-state index contributed by atoms with van der Waals surface area (Å²) in [5, 5.41) is 20.4. The molecule has 2 aromatic carbocycles. The number of nitrogens with zero attached hydrogens (tertiary/aromatic N) is 4. The zero-order valence-electron chi connectivity index (χ0n) is 18.6. The molecular weight excluding hydrogens is 424 g/mol. The Bertz CT molecular complexity index is 1280. The van der Waals surface area contributed by atoms with Gasteiger partial charge in [0, 0.05) is 12.3 Å². The van der Waals surface area contributed by atoms with E-state index in [-0.39, 0.29) is 12.2 Å². The fourth-order valence-corrected chi connectivity index (χ4v) is 4.59. The monoisotopic (exact) mass is 452 g/mol. The summed E-state index contributed by atoms with van der Waals surface area (Å²) < 4.78 is 9.47. The first-order valence-electron chi connectivity index (χ1n) is 10.9. The highest BCUT2D eigenvalue weighted by Crippen LogP contribution is 2.27. The second-order valence-electron chi connectivity index (χ2n) is 8.06. The zero-order chi connectivity index (χ0) is 22.7. The highest BCUT2D eigenvalue weighted by atomic mass is 32.2. The van der Waals surface area contributed by atoms with Crippen molar-refractivity contribution in [3.8, 4) is 5.75 Å². The van der Waals surface area contributed by atoms with Crippen molar-refractivity contribution < 1.29 is 9.84 Å². The molecule has 0 spiro atoms. The summed E-state index contributed by atoms with van der Waals surface area (Å²) in [4.78, 5) is 12.9. The molecular formula is C24H28N4O3S. The maximum Gasteiger partial charge on any atom is 0.262 e. The molecule has 0 aliphatic rings. The van der Waals surface area contributed by atoms with Crippen molar-refractivity contribution in [2.24, 2.45) is 0 Å². The van der Waals surface area contributed by atoms with E-state index in [0.29, 0.717) is 34.5 Å². The Labute approximate surface area is 191 Å². The van der Waals surface area contributed by atoms with Crippen LogP contribution in [-0.4, -0.2) is 42.7 Å². The predicted octanol–water partition coefficient (Wildman–Crippen LogP) is 4.11. The Kier molecular flexibility index (Phi) is 6.81. The fourth-order valence-electron chi connectivity index (χ4n) is 3.75. The number of fused-ring (bicyclic) bond motifs is 3. The molecule has 1 atom stereocenters. The van der Waals surface area contributed by atoms with E-state index < -0.39 is 6.10 Å². The first kappa shape index (κ1) is 22.4. The molecule has 0 saturated carbocycles. The minimum absolute atomic E-state index is 0.0591. The van der Waals surface area contributed by atoms with Gasteiger partial charge >= 0.3 is 0 Å². The lowest BCUT2D eigenvalue weighted by atomic mass is 10.0. The summed E-state index contributed by atoms with van der Waals surface area (Å²) in [5.41, 5.74) is 1.83. The van der Waals surface area contributed by atoms with Crippen LogP contribution in [0, 0.1) is 0 Å². The fraction of sp³-hybridized carbons (Fsp3) is 0.375. The number of ether oxygens (including phenoxy) is 1. The van der Waals surface area contributed by atoms with Crippen LogP contribution in [0.5, 0.6) is 5.75 Å². The van der Waals surface area contributed by atoms with Crippen LogP contribution in [0.4, 0.5) is 0 Å². The van der Waals surface area contributed by atoms with E-state index in [0.717, 1.165) is 23.3 Å². The number of aliphatic hydroxyl groups excluding tert-OH is 1. The Balaban J connectivity index is 1.55. The third-order valence-electron chi connectivity index (χ3n) is 5.30. The van der Waals surface area contributed by atoms with E-state index >= 15 is 0 Å². The standard InChI is InChI=1S/C24H28N4O3S/c1-4-13-27-22(30)19-10-5-7-11-20(19)28-23(27)25-26-24(28)32-15-17(29)14-31-21-12-8-6-9-18(21)16(2)3/h5-12,16-17,29H,4,13-15H2,1-3H3. The quantitative estimate of drug-likeness (QED) is 0.385. The number of rotatable bonds is 9. The SMILES string of the molecule is CCCn1c(=O)c2ccccc2n2c(SCC(O)COc3ccccc3C(C)C)nnc12. The molecule has 0 fully saturated rings. The van der Waals surface area contributed by atoms with E-state index in [1.165, 1.54) is 11.8 Å². The van der Waals surface area contributed by atoms with Crippen molar-refractivity contribution in [2.75, 3.05) is 12.4 Å². The van der Waals surface area contributed by atoms with Crippen LogP contribution < -0.4 is 10.3 Å². The van der Waals surface area contributed by atoms with Gasteiger partial charge in [-0.05, 0) is 36.1 Å². The minimum Gasteiger partial charge on any atom is -0.491 e. The molecule has 7 nitrogen and oxygen atoms in total. The van der Waals surface area contributed by atoms with Crippen LogP contribution in [0.25, 0.3) is 16.7 Å². The Hall–Kier alpha value is -2.84. The summed E-state index contributed by atoms with van der Waals surface area (Å²) in [5.74, 6) is 2.06. The van der Waals surface area contributed by atoms with Crippen LogP contribution in [0.15, 0.2) is 58.5 Å². The van der Waals surface area contributed by atoms with Gasteiger partial charge < -0.3 is 9.84 Å². The number of para-hydroxylation sites is 2. The predicted molar refractivity (Wildman–Crippen MR) is 128 cm³/mol. The molecule has 1 unspecified atom stereocenters. The van der Waals surface area contributed by atoms with Crippen molar-refractivity contribution in [2.45, 2.75) is 50.9 Å². The van der Waals surface area contributed by atoms with E-state index in [9.17, 15) is 9.90 Å². The second-order valence-corrected chi connectivity index (χ2v) is 9.05. The van der Waals surface area contributed by atoms with E-state index in [2.05, 4.69) is 24.0 Å². The largest absolute Gasteiger partial charge is 0.491 e. The molecule has 2 heterocycles. The van der Waals surface area contributed by atoms with E-state index in [1.54, 1.807) is 4.57 Å². The van der Waals surface area contributed by atoms with Gasteiger partial charge in [-0.25, -0.2) is 0 Å². The van der Waals surface area contributed by atoms with Crippen molar-refractivity contribution >= 4 is 28.4 Å². The number of aliphatic hydroxyl groups is 1. The second kappa shape index (κ2) is 9.75. The lowest BCUT2D eigenvalue weighted by Gasteiger charge is -2.16. The molecule has 8 heteroatoms. The highest BCUT2D eigenvalue weighted by Gasteiger charge is 2.18. The summed E-state index contributed by atoms with van der Waals surface area (Å²) in [7, 11) is 0. The molecule has 0 bridgehead atoms. The number of hydrogen-bond donors (Lipinski definition) is 1. The third-order valence-corrected chi connectivity index (χ3v) is 6.38. The Morgan fingerprint density at radius 1 is 1.09 bits per heavy atom. The maximum absolute atomic E-state index is 12.9. The van der Waals surface area contributed by atoms with Crippen LogP contribution in [0.2, 0.25) is 0 Å². The van der Waals surface area contributed by atoms with Gasteiger partial charge in [0.05, 0.1) is 17.0 Å². The van der Waals surface area contributed by atoms with Gasteiger partial charge in [-0.2, -0.15) is 0 Å². The van der Waals surface area contributed by atoms with Crippen LogP contribution in [0.1, 0.15) is 38.7 Å². The number of thioether (sulfide) groups is 1. The van der Waals surface area contributed by atoms with Gasteiger partial charge in [-0.1, -0.05) is 62.9 Å². The molecule has 0 radical (unpaired) electrons. The van der Waals surface area contributed by atoms with Gasteiger partial charge in [0.2, 0.25) is 5.78 Å². The molecule has 4 aromatic rings. The molecule has 168 valence electrons. The molecule has 0 amide bonds. The van der Waals surface area contributed by atoms with E-state index in [1.807, 2.05) is 59.9 Å². The molecule has 0 aliphatic heterocycles. The molecule has 0 aliphatic carbocycles. The molecule has 1 N–H and O–H groups in total.